The molecule has 0 atom stereocenters. The molecule has 0 spiro atoms. The van der Waals surface area contributed by atoms with Crippen molar-refractivity contribution >= 4 is 0 Å². The SMILES string of the molecule is O=c1[nH]c(COCC(F)(F)F)nc2c1COCC2. The molecule has 0 saturated heterocycles. The highest BCUT2D eigenvalue weighted by Crippen LogP contribution is 2.15. The summed E-state index contributed by atoms with van der Waals surface area (Å²) in [4.78, 5) is 18.0. The fourth-order valence-electron chi connectivity index (χ4n) is 1.63. The predicted molar refractivity (Wildman–Crippen MR) is 53.9 cm³/mol. The second kappa shape index (κ2) is 5.07. The zero-order valence-electron chi connectivity index (χ0n) is 9.34. The van der Waals surface area contributed by atoms with Crippen LogP contribution >= 0.6 is 0 Å². The normalized spacial score (nSPS) is 15.5. The molecule has 0 aromatic carbocycles. The largest absolute Gasteiger partial charge is 0.411 e. The Balaban J connectivity index is 2.06. The molecule has 8 heteroatoms. The van der Waals surface area contributed by atoms with Crippen molar-refractivity contribution in [2.45, 2.75) is 25.8 Å². The first-order valence-corrected chi connectivity index (χ1v) is 5.29. The molecule has 0 saturated carbocycles. The summed E-state index contributed by atoms with van der Waals surface area (Å²) in [5, 5.41) is 0. The van der Waals surface area contributed by atoms with Crippen LogP contribution in [0.4, 0.5) is 13.2 Å². The van der Waals surface area contributed by atoms with Crippen molar-refractivity contribution < 1.29 is 22.6 Å². The van der Waals surface area contributed by atoms with Crippen molar-refractivity contribution in [1.82, 2.24) is 9.97 Å². The van der Waals surface area contributed by atoms with E-state index in [1.807, 2.05) is 0 Å². The lowest BCUT2D eigenvalue weighted by molar-refractivity contribution is -0.177. The maximum atomic E-state index is 11.9. The third-order valence-corrected chi connectivity index (χ3v) is 2.38. The number of halogens is 3. The van der Waals surface area contributed by atoms with Crippen LogP contribution in [0.5, 0.6) is 0 Å². The Morgan fingerprint density at radius 3 is 2.94 bits per heavy atom. The quantitative estimate of drug-likeness (QED) is 0.881. The van der Waals surface area contributed by atoms with Crippen molar-refractivity contribution in [3.63, 3.8) is 0 Å². The van der Waals surface area contributed by atoms with E-state index in [1.54, 1.807) is 0 Å². The van der Waals surface area contributed by atoms with Gasteiger partial charge in [0.15, 0.2) is 0 Å². The molecule has 0 amide bonds. The monoisotopic (exact) mass is 264 g/mol. The molecule has 18 heavy (non-hydrogen) atoms. The van der Waals surface area contributed by atoms with Gasteiger partial charge in [-0.25, -0.2) is 4.98 Å². The topological polar surface area (TPSA) is 64.2 Å². The van der Waals surface area contributed by atoms with E-state index in [9.17, 15) is 18.0 Å². The Bertz CT molecular complexity index is 484. The second-order valence-corrected chi connectivity index (χ2v) is 3.85. The zero-order valence-corrected chi connectivity index (χ0v) is 9.34. The highest BCUT2D eigenvalue weighted by Gasteiger charge is 2.27. The number of hydrogen-bond acceptors (Lipinski definition) is 4. The highest BCUT2D eigenvalue weighted by atomic mass is 19.4. The highest BCUT2D eigenvalue weighted by molar-refractivity contribution is 5.18. The number of ether oxygens (including phenoxy) is 2. The first-order chi connectivity index (χ1) is 8.46. The molecule has 0 aliphatic carbocycles. The van der Waals surface area contributed by atoms with Gasteiger partial charge in [-0.15, -0.1) is 0 Å². The summed E-state index contributed by atoms with van der Waals surface area (Å²) in [5.74, 6) is 0.102. The lowest BCUT2D eigenvalue weighted by Crippen LogP contribution is -2.26. The molecule has 5 nitrogen and oxygen atoms in total. The van der Waals surface area contributed by atoms with Crippen LogP contribution in [0.25, 0.3) is 0 Å². The predicted octanol–water partition coefficient (Wildman–Crippen LogP) is 0.921. The third kappa shape index (κ3) is 3.30. The molecule has 100 valence electrons. The van der Waals surface area contributed by atoms with Crippen molar-refractivity contribution in [1.29, 1.82) is 0 Å². The van der Waals surface area contributed by atoms with Gasteiger partial charge in [-0.2, -0.15) is 13.2 Å². The standard InChI is InChI=1S/C10H11F3N2O3/c11-10(12,13)5-18-4-8-14-7-1-2-17-3-6(7)9(16)15-8/h1-5H2,(H,14,15,16). The molecule has 2 rings (SSSR count). The van der Waals surface area contributed by atoms with Gasteiger partial charge < -0.3 is 14.5 Å². The molecule has 0 bridgehead atoms. The average Bonchev–Trinajstić information content (AvgIpc) is 2.27. The van der Waals surface area contributed by atoms with Crippen molar-refractivity contribution in [3.8, 4) is 0 Å². The van der Waals surface area contributed by atoms with Gasteiger partial charge in [-0.1, -0.05) is 0 Å². The minimum atomic E-state index is -4.39. The van der Waals surface area contributed by atoms with Crippen LogP contribution < -0.4 is 5.56 Å². The average molecular weight is 264 g/mol. The van der Waals surface area contributed by atoms with Gasteiger partial charge in [-0.05, 0) is 0 Å². The molecule has 1 N–H and O–H groups in total. The molecule has 0 fully saturated rings. The van der Waals surface area contributed by atoms with Crippen LogP contribution in [0, 0.1) is 0 Å². The van der Waals surface area contributed by atoms with Gasteiger partial charge in [0.05, 0.1) is 24.5 Å². The molecular formula is C10H11F3N2O3. The van der Waals surface area contributed by atoms with Gasteiger partial charge in [-0.3, -0.25) is 4.79 Å². The van der Waals surface area contributed by atoms with Gasteiger partial charge in [0, 0.05) is 6.42 Å². The summed E-state index contributed by atoms with van der Waals surface area (Å²) in [7, 11) is 0. The Morgan fingerprint density at radius 2 is 2.22 bits per heavy atom. The van der Waals surface area contributed by atoms with Crippen LogP contribution in [0.3, 0.4) is 0 Å². The number of aromatic amines is 1. The van der Waals surface area contributed by atoms with Crippen LogP contribution in [0.2, 0.25) is 0 Å². The number of aromatic nitrogens is 2. The van der Waals surface area contributed by atoms with Crippen LogP contribution in [-0.2, 0) is 29.1 Å². The number of rotatable bonds is 3. The molecule has 0 unspecified atom stereocenters. The van der Waals surface area contributed by atoms with Gasteiger partial charge >= 0.3 is 6.18 Å². The number of alkyl halides is 3. The molecule has 1 aromatic heterocycles. The fraction of sp³-hybridized carbons (Fsp3) is 0.600. The van der Waals surface area contributed by atoms with E-state index in [0.717, 1.165) is 0 Å². The number of nitrogens with zero attached hydrogens (tertiary/aromatic N) is 1. The Hall–Kier alpha value is -1.41. The van der Waals surface area contributed by atoms with Crippen molar-refractivity contribution in [2.75, 3.05) is 13.2 Å². The molecule has 1 aliphatic heterocycles. The van der Waals surface area contributed by atoms with Gasteiger partial charge in [0.25, 0.3) is 5.56 Å². The third-order valence-electron chi connectivity index (χ3n) is 2.38. The molecule has 1 aromatic rings. The number of fused-ring (bicyclic) bond motifs is 1. The van der Waals surface area contributed by atoms with Crippen LogP contribution in [-0.4, -0.2) is 29.4 Å². The van der Waals surface area contributed by atoms with Crippen LogP contribution in [0.15, 0.2) is 4.79 Å². The molecule has 0 radical (unpaired) electrons. The Morgan fingerprint density at radius 1 is 1.44 bits per heavy atom. The van der Waals surface area contributed by atoms with E-state index >= 15 is 0 Å². The van der Waals surface area contributed by atoms with E-state index in [-0.39, 0.29) is 24.6 Å². The van der Waals surface area contributed by atoms with Gasteiger partial charge in [0.1, 0.15) is 19.0 Å². The fourth-order valence-corrected chi connectivity index (χ4v) is 1.63. The summed E-state index contributed by atoms with van der Waals surface area (Å²) < 4.78 is 45.2. The van der Waals surface area contributed by atoms with Crippen molar-refractivity contribution in [2.24, 2.45) is 0 Å². The smallest absolute Gasteiger partial charge is 0.376 e. The zero-order chi connectivity index (χ0) is 13.2. The number of H-pyrrole nitrogens is 1. The first kappa shape index (κ1) is 13.0. The van der Waals surface area contributed by atoms with E-state index in [0.29, 0.717) is 24.3 Å². The summed E-state index contributed by atoms with van der Waals surface area (Å²) in [6, 6.07) is 0. The number of nitrogens with one attached hydrogen (secondary N) is 1. The Kier molecular flexibility index (Phi) is 3.67. The van der Waals surface area contributed by atoms with E-state index in [4.69, 9.17) is 4.74 Å². The van der Waals surface area contributed by atoms with E-state index < -0.39 is 12.8 Å². The summed E-state index contributed by atoms with van der Waals surface area (Å²) in [6.07, 6.45) is -3.91. The first-order valence-electron chi connectivity index (χ1n) is 5.29. The number of hydrogen-bond donors (Lipinski definition) is 1. The molecule has 1 aliphatic rings. The second-order valence-electron chi connectivity index (χ2n) is 3.85. The van der Waals surface area contributed by atoms with E-state index in [2.05, 4.69) is 14.7 Å². The minimum Gasteiger partial charge on any atom is -0.376 e. The van der Waals surface area contributed by atoms with E-state index in [1.165, 1.54) is 0 Å². The lowest BCUT2D eigenvalue weighted by atomic mass is 10.1. The summed E-state index contributed by atoms with van der Waals surface area (Å²) >= 11 is 0. The van der Waals surface area contributed by atoms with Crippen LogP contribution in [0.1, 0.15) is 17.1 Å². The minimum absolute atomic E-state index is 0.102. The summed E-state index contributed by atoms with van der Waals surface area (Å²) in [6.45, 7) is -1.10. The van der Waals surface area contributed by atoms with Gasteiger partial charge in [0.2, 0.25) is 0 Å². The lowest BCUT2D eigenvalue weighted by Gasteiger charge is -2.15. The maximum absolute atomic E-state index is 11.9. The Labute approximate surface area is 99.9 Å². The molecule has 2 heterocycles. The molecular weight excluding hydrogens is 253 g/mol. The summed E-state index contributed by atoms with van der Waals surface area (Å²) in [5.41, 5.74) is 0.613. The van der Waals surface area contributed by atoms with Crippen molar-refractivity contribution in [3.05, 3.63) is 27.4 Å². The maximum Gasteiger partial charge on any atom is 0.411 e.